The van der Waals surface area contributed by atoms with Gasteiger partial charge in [0.15, 0.2) is 0 Å². The minimum Gasteiger partial charge on any atom is -0.340 e. The summed E-state index contributed by atoms with van der Waals surface area (Å²) in [5.41, 5.74) is 0. The van der Waals surface area contributed by atoms with Crippen LogP contribution in [-0.4, -0.2) is 48.9 Å². The summed E-state index contributed by atoms with van der Waals surface area (Å²) in [6.45, 7) is 3.99. The molecule has 0 radical (unpaired) electrons. The monoisotopic (exact) mass is 264 g/mol. The second kappa shape index (κ2) is 5.82. The molecule has 3 aliphatic rings. The topological polar surface area (TPSA) is 23.6 Å². The molecular weight excluding hydrogens is 236 g/mol. The molecule has 3 rings (SSSR count). The first-order chi connectivity index (χ1) is 9.24. The Hall–Kier alpha value is -0.570. The Bertz CT molecular complexity index is 309. The fraction of sp³-hybridized carbons (Fsp3) is 0.938. The Kier molecular flexibility index (Phi) is 4.11. The number of amides is 1. The average Bonchev–Trinajstić information content (AvgIpc) is 2.70. The second-order valence-corrected chi connectivity index (χ2v) is 6.96. The van der Waals surface area contributed by atoms with Crippen LogP contribution in [0.1, 0.15) is 44.9 Å². The Morgan fingerprint density at radius 3 is 2.05 bits per heavy atom. The molecule has 0 N–H and O–H groups in total. The van der Waals surface area contributed by atoms with Gasteiger partial charge in [0.05, 0.1) is 0 Å². The fourth-order valence-electron chi connectivity index (χ4n) is 4.40. The first-order valence-electron chi connectivity index (χ1n) is 8.21. The minimum atomic E-state index is 0.358. The summed E-state index contributed by atoms with van der Waals surface area (Å²) in [4.78, 5) is 17.1. The zero-order valence-electron chi connectivity index (χ0n) is 12.3. The first-order valence-corrected chi connectivity index (χ1v) is 8.21. The molecule has 2 unspecified atom stereocenters. The molecule has 0 aromatic carbocycles. The SMILES string of the molecule is CN1CCN(C(=O)C2CC3CCCCCC3C2)CC1. The average molecular weight is 264 g/mol. The van der Waals surface area contributed by atoms with Crippen molar-refractivity contribution in [1.29, 1.82) is 0 Å². The minimum absolute atomic E-state index is 0.358. The number of fused-ring (bicyclic) bond motifs is 1. The summed E-state index contributed by atoms with van der Waals surface area (Å²) in [7, 11) is 2.15. The normalized spacial score (nSPS) is 36.9. The van der Waals surface area contributed by atoms with Crippen LogP contribution >= 0.6 is 0 Å². The third kappa shape index (κ3) is 2.96. The van der Waals surface area contributed by atoms with Crippen LogP contribution in [0.4, 0.5) is 0 Å². The van der Waals surface area contributed by atoms with E-state index < -0.39 is 0 Å². The van der Waals surface area contributed by atoms with E-state index in [0.29, 0.717) is 11.8 Å². The molecule has 0 aromatic heterocycles. The molecule has 1 amide bonds. The van der Waals surface area contributed by atoms with Crippen molar-refractivity contribution in [3.05, 3.63) is 0 Å². The van der Waals surface area contributed by atoms with Gasteiger partial charge in [-0.05, 0) is 31.7 Å². The van der Waals surface area contributed by atoms with Gasteiger partial charge < -0.3 is 9.80 Å². The van der Waals surface area contributed by atoms with Crippen LogP contribution in [0.3, 0.4) is 0 Å². The lowest BCUT2D eigenvalue weighted by Crippen LogP contribution is -2.48. The number of nitrogens with zero attached hydrogens (tertiary/aromatic N) is 2. The van der Waals surface area contributed by atoms with Crippen molar-refractivity contribution in [3.63, 3.8) is 0 Å². The zero-order chi connectivity index (χ0) is 13.2. The molecule has 0 bridgehead atoms. The molecule has 2 atom stereocenters. The lowest BCUT2D eigenvalue weighted by atomic mass is 9.92. The van der Waals surface area contributed by atoms with E-state index in [9.17, 15) is 4.79 Å². The molecule has 1 aliphatic heterocycles. The van der Waals surface area contributed by atoms with E-state index in [0.717, 1.165) is 38.0 Å². The molecule has 2 saturated carbocycles. The molecule has 0 aromatic rings. The highest BCUT2D eigenvalue weighted by molar-refractivity contribution is 5.79. The maximum Gasteiger partial charge on any atom is 0.225 e. The number of likely N-dealkylation sites (N-methyl/N-ethyl adjacent to an activating group) is 1. The summed E-state index contributed by atoms with van der Waals surface area (Å²) in [5.74, 6) is 2.56. The van der Waals surface area contributed by atoms with Crippen LogP contribution in [-0.2, 0) is 4.79 Å². The summed E-state index contributed by atoms with van der Waals surface area (Å²) >= 11 is 0. The Balaban J connectivity index is 1.56. The van der Waals surface area contributed by atoms with Gasteiger partial charge in [-0.2, -0.15) is 0 Å². The smallest absolute Gasteiger partial charge is 0.225 e. The fourth-order valence-corrected chi connectivity index (χ4v) is 4.40. The number of hydrogen-bond donors (Lipinski definition) is 0. The predicted molar refractivity (Wildman–Crippen MR) is 76.9 cm³/mol. The van der Waals surface area contributed by atoms with Gasteiger partial charge in [-0.1, -0.05) is 32.1 Å². The van der Waals surface area contributed by atoms with Crippen molar-refractivity contribution in [3.8, 4) is 0 Å². The van der Waals surface area contributed by atoms with Gasteiger partial charge in [0, 0.05) is 32.1 Å². The molecule has 19 heavy (non-hydrogen) atoms. The van der Waals surface area contributed by atoms with Crippen LogP contribution < -0.4 is 0 Å². The lowest BCUT2D eigenvalue weighted by molar-refractivity contribution is -0.137. The van der Waals surface area contributed by atoms with Crippen molar-refractivity contribution in [1.82, 2.24) is 9.80 Å². The summed E-state index contributed by atoms with van der Waals surface area (Å²) in [6, 6.07) is 0. The molecule has 1 heterocycles. The number of carbonyl (C=O) groups excluding carboxylic acids is 1. The van der Waals surface area contributed by atoms with Gasteiger partial charge in [0.25, 0.3) is 0 Å². The van der Waals surface area contributed by atoms with E-state index in [1.54, 1.807) is 0 Å². The third-order valence-corrected chi connectivity index (χ3v) is 5.66. The number of piperazine rings is 1. The van der Waals surface area contributed by atoms with E-state index >= 15 is 0 Å². The molecule has 1 saturated heterocycles. The van der Waals surface area contributed by atoms with Crippen LogP contribution in [0.25, 0.3) is 0 Å². The highest BCUT2D eigenvalue weighted by atomic mass is 16.2. The zero-order valence-corrected chi connectivity index (χ0v) is 12.3. The van der Waals surface area contributed by atoms with Crippen LogP contribution in [0.5, 0.6) is 0 Å². The van der Waals surface area contributed by atoms with Crippen LogP contribution in [0.2, 0.25) is 0 Å². The highest BCUT2D eigenvalue weighted by Gasteiger charge is 2.39. The van der Waals surface area contributed by atoms with E-state index in [1.165, 1.54) is 44.9 Å². The number of carbonyl (C=O) groups is 1. The molecule has 108 valence electrons. The predicted octanol–water partition coefficient (Wildman–Crippen LogP) is 2.37. The van der Waals surface area contributed by atoms with E-state index in [4.69, 9.17) is 0 Å². The summed E-state index contributed by atoms with van der Waals surface area (Å²) in [5, 5.41) is 0. The molecular formula is C16H28N2O. The Morgan fingerprint density at radius 1 is 0.895 bits per heavy atom. The second-order valence-electron chi connectivity index (χ2n) is 6.96. The van der Waals surface area contributed by atoms with Crippen molar-refractivity contribution in [2.24, 2.45) is 17.8 Å². The first kappa shape index (κ1) is 13.4. The van der Waals surface area contributed by atoms with E-state index in [-0.39, 0.29) is 0 Å². The van der Waals surface area contributed by atoms with Crippen molar-refractivity contribution in [2.45, 2.75) is 44.9 Å². The van der Waals surface area contributed by atoms with Gasteiger partial charge in [-0.3, -0.25) is 4.79 Å². The van der Waals surface area contributed by atoms with Gasteiger partial charge in [0.1, 0.15) is 0 Å². The quantitative estimate of drug-likeness (QED) is 0.726. The van der Waals surface area contributed by atoms with Gasteiger partial charge >= 0.3 is 0 Å². The van der Waals surface area contributed by atoms with E-state index in [2.05, 4.69) is 16.8 Å². The maximum absolute atomic E-state index is 12.6. The molecule has 3 fully saturated rings. The summed E-state index contributed by atoms with van der Waals surface area (Å²) in [6.07, 6.45) is 9.37. The molecule has 3 nitrogen and oxygen atoms in total. The summed E-state index contributed by atoms with van der Waals surface area (Å²) < 4.78 is 0. The third-order valence-electron chi connectivity index (χ3n) is 5.66. The number of rotatable bonds is 1. The van der Waals surface area contributed by atoms with Gasteiger partial charge in [-0.25, -0.2) is 0 Å². The molecule has 2 aliphatic carbocycles. The molecule has 0 spiro atoms. The number of hydrogen-bond acceptors (Lipinski definition) is 2. The van der Waals surface area contributed by atoms with Crippen LogP contribution in [0.15, 0.2) is 0 Å². The van der Waals surface area contributed by atoms with Crippen LogP contribution in [0, 0.1) is 17.8 Å². The maximum atomic E-state index is 12.6. The standard InChI is InChI=1S/C16H28N2O/c1-17-7-9-18(10-8-17)16(19)15-11-13-5-3-2-4-6-14(13)12-15/h13-15H,2-12H2,1H3. The molecule has 3 heteroatoms. The Morgan fingerprint density at radius 2 is 1.47 bits per heavy atom. The van der Waals surface area contributed by atoms with Crippen molar-refractivity contribution < 1.29 is 4.79 Å². The van der Waals surface area contributed by atoms with Gasteiger partial charge in [-0.15, -0.1) is 0 Å². The highest BCUT2D eigenvalue weighted by Crippen LogP contribution is 2.44. The van der Waals surface area contributed by atoms with Crippen molar-refractivity contribution in [2.75, 3.05) is 33.2 Å². The van der Waals surface area contributed by atoms with Crippen molar-refractivity contribution >= 4 is 5.91 Å². The van der Waals surface area contributed by atoms with E-state index in [1.807, 2.05) is 0 Å². The Labute approximate surface area is 117 Å². The van der Waals surface area contributed by atoms with Gasteiger partial charge in [0.2, 0.25) is 5.91 Å². The lowest BCUT2D eigenvalue weighted by Gasteiger charge is -2.34. The largest absolute Gasteiger partial charge is 0.340 e.